The third-order valence-electron chi connectivity index (χ3n) is 5.53. The molecule has 254 valence electrons. The van der Waals surface area contributed by atoms with Crippen LogP contribution in [0.4, 0.5) is 22.7 Å². The summed E-state index contributed by atoms with van der Waals surface area (Å²) in [6.45, 7) is 0. The van der Waals surface area contributed by atoms with Crippen LogP contribution in [0, 0.1) is 30.3 Å². The fourth-order valence-electron chi connectivity index (χ4n) is 3.18. The third-order valence-corrected chi connectivity index (χ3v) is 8.72. The summed E-state index contributed by atoms with van der Waals surface area (Å²) >= 11 is 12.5. The predicted octanol–water partition coefficient (Wildman–Crippen LogP) is 7.49. The van der Waals surface area contributed by atoms with Crippen LogP contribution >= 0.6 is 59.3 Å². The summed E-state index contributed by atoms with van der Waals surface area (Å²) in [5.74, 6) is 1.92. The molecule has 0 heterocycles. The average Bonchev–Trinajstić information content (AvgIpc) is 3.09. The molecular weight excluding hydrogens is 762 g/mol. The van der Waals surface area contributed by atoms with E-state index in [0.29, 0.717) is 32.7 Å². The number of nitrogen functional groups attached to an aromatic ring is 1. The Bertz CT molecular complexity index is 1650. The van der Waals surface area contributed by atoms with Crippen molar-refractivity contribution in [2.24, 2.45) is 0 Å². The van der Waals surface area contributed by atoms with Gasteiger partial charge in [-0.1, -0.05) is 11.6 Å². The molecule has 0 amide bonds. The summed E-state index contributed by atoms with van der Waals surface area (Å²) in [6.07, 6.45) is 0. The third kappa shape index (κ3) is 15.7. The summed E-state index contributed by atoms with van der Waals surface area (Å²) in [5.41, 5.74) is 5.79. The Balaban J connectivity index is 0.000000769. The first-order valence-corrected chi connectivity index (χ1v) is 24.4. The molecule has 4 rings (SSSR count). The number of halogens is 1. The number of hydrogen-bond donors (Lipinski definition) is 2. The van der Waals surface area contributed by atoms with E-state index in [4.69, 9.17) is 36.3 Å². The van der Waals surface area contributed by atoms with Crippen molar-refractivity contribution in [1.82, 2.24) is 0 Å². The molecule has 14 nitrogen and oxygen atoms in total. The number of ether oxygens (including phenoxy) is 4. The first kappa shape index (κ1) is 46.8. The Morgan fingerprint density at radius 1 is 0.633 bits per heavy atom. The molecule has 4 aromatic carbocycles. The number of thiol groups is 1. The predicted molar refractivity (Wildman–Crippen MR) is 202 cm³/mol. The number of benzene rings is 4. The molecule has 0 aliphatic heterocycles. The maximum atomic E-state index is 11.2. The Morgan fingerprint density at radius 3 is 1.31 bits per heavy atom. The van der Waals surface area contributed by atoms with Crippen LogP contribution in [0.15, 0.2) is 87.5 Å². The van der Waals surface area contributed by atoms with E-state index in [0.717, 1.165) is 32.2 Å². The van der Waals surface area contributed by atoms with Crippen molar-refractivity contribution in [2.75, 3.05) is 34.2 Å². The average molecular weight is 791 g/mol. The molecule has 0 atom stereocenters. The zero-order valence-electron chi connectivity index (χ0n) is 27.1. The van der Waals surface area contributed by atoms with Gasteiger partial charge in [-0.25, -0.2) is 0 Å². The van der Waals surface area contributed by atoms with Crippen molar-refractivity contribution in [2.45, 2.75) is 14.7 Å². The van der Waals surface area contributed by atoms with E-state index in [1.165, 1.54) is 89.2 Å². The minimum atomic E-state index is -0.551. The molecular formula is C28H29ClN4Na2O10S4. The zero-order chi connectivity index (χ0) is 36.4. The summed E-state index contributed by atoms with van der Waals surface area (Å²) < 4.78 is 19.7. The number of methoxy groups -OCH3 is 4. The molecule has 49 heavy (non-hydrogen) atoms. The van der Waals surface area contributed by atoms with E-state index in [1.54, 1.807) is 49.6 Å². The van der Waals surface area contributed by atoms with E-state index in [9.17, 15) is 30.3 Å². The first-order valence-electron chi connectivity index (χ1n) is 13.4. The van der Waals surface area contributed by atoms with Crippen molar-refractivity contribution < 1.29 is 33.7 Å². The number of nitrogens with zero attached hydrogens (tertiary/aromatic N) is 3. The van der Waals surface area contributed by atoms with Gasteiger partial charge in [-0.05, 0) is 70.1 Å². The fourth-order valence-corrected chi connectivity index (χ4v) is 5.76. The van der Waals surface area contributed by atoms with Crippen molar-refractivity contribution >= 4 is 126 Å². The number of nitro benzene ring substituents is 3. The molecule has 0 bridgehead atoms. The van der Waals surface area contributed by atoms with Gasteiger partial charge in [0.15, 0.2) is 0 Å². The van der Waals surface area contributed by atoms with Crippen LogP contribution < -0.4 is 24.7 Å². The van der Waals surface area contributed by atoms with Crippen LogP contribution in [0.3, 0.4) is 0 Å². The van der Waals surface area contributed by atoms with Crippen LogP contribution in [0.1, 0.15) is 0 Å². The van der Waals surface area contributed by atoms with E-state index in [-0.39, 0.29) is 35.6 Å². The number of nitrogens with two attached hydrogens (primary N) is 1. The van der Waals surface area contributed by atoms with Crippen LogP contribution in [0.2, 0.25) is 5.02 Å². The second-order valence-corrected chi connectivity index (χ2v) is 11.4. The molecule has 2 N–H and O–H groups in total. The first-order chi connectivity index (χ1) is 22.8. The number of rotatable bonds is 10. The Hall–Kier alpha value is -2.23. The Kier molecular flexibility index (Phi) is 23.7. The number of hydrogen-bond acceptors (Lipinski definition) is 14. The number of anilines is 1. The quantitative estimate of drug-likeness (QED) is 0.0401. The van der Waals surface area contributed by atoms with Gasteiger partial charge >= 0.3 is 43.6 Å². The van der Waals surface area contributed by atoms with Gasteiger partial charge in [0.1, 0.15) is 28.0 Å². The second kappa shape index (κ2) is 24.8. The van der Waals surface area contributed by atoms with Gasteiger partial charge in [-0.3, -0.25) is 30.3 Å². The second-order valence-electron chi connectivity index (χ2n) is 8.35. The van der Waals surface area contributed by atoms with E-state index < -0.39 is 14.8 Å². The summed E-state index contributed by atoms with van der Waals surface area (Å²) in [4.78, 5) is 32.6. The molecule has 0 radical (unpaired) electrons. The molecule has 4 aromatic rings. The minimum absolute atomic E-state index is 0. The van der Waals surface area contributed by atoms with E-state index >= 15 is 0 Å². The van der Waals surface area contributed by atoms with Gasteiger partial charge in [0.05, 0.1) is 71.2 Å². The topological polar surface area (TPSA) is 192 Å². The molecule has 0 fully saturated rings. The van der Waals surface area contributed by atoms with Crippen LogP contribution in [0.25, 0.3) is 0 Å². The van der Waals surface area contributed by atoms with Crippen molar-refractivity contribution in [1.29, 1.82) is 0 Å². The molecule has 0 saturated heterocycles. The van der Waals surface area contributed by atoms with Crippen molar-refractivity contribution in [3.8, 4) is 23.0 Å². The fraction of sp³-hybridized carbons (Fsp3) is 0.143. The molecule has 0 aliphatic rings. The van der Waals surface area contributed by atoms with Crippen molar-refractivity contribution in [3.05, 3.63) is 108 Å². The van der Waals surface area contributed by atoms with Crippen LogP contribution in [-0.2, 0) is 0 Å². The molecule has 0 saturated carbocycles. The summed E-state index contributed by atoms with van der Waals surface area (Å²) in [6, 6.07) is 18.5. The molecule has 0 aromatic heterocycles. The zero-order valence-corrected chi connectivity index (χ0v) is 35.4. The van der Waals surface area contributed by atoms with E-state index in [1.807, 2.05) is 6.07 Å². The van der Waals surface area contributed by atoms with Gasteiger partial charge in [0.25, 0.3) is 17.1 Å². The monoisotopic (exact) mass is 790 g/mol. The van der Waals surface area contributed by atoms with Crippen LogP contribution in [0.5, 0.6) is 23.0 Å². The van der Waals surface area contributed by atoms with Gasteiger partial charge in [-0.15, -0.1) is 12.6 Å². The number of nitro groups is 3. The Labute approximate surface area is 335 Å². The standard InChI is InChI=1S/C14H12N2O6S2.C7H6ClNO3.C7H9NOS.2Na.H2S/c1-21-9-3-5-13(11(7-9)15(17)18)23-24-14-6-4-10(22-2)8-12(14)16(19)20;1-12-5-2-3-6(8)7(4-5)9(10)11;1-9-5-2-3-7(10)6(8)4-5;;;/h3-8H,1-2H3;2-4H,1H3;2-4,10H,8H2,1H3;;;1H2. The van der Waals surface area contributed by atoms with Gasteiger partial charge in [0.2, 0.25) is 0 Å². The molecule has 21 heteroatoms. The normalized spacial score (nSPS) is 9.43. The Morgan fingerprint density at radius 2 is 0.959 bits per heavy atom. The van der Waals surface area contributed by atoms with Crippen molar-refractivity contribution in [3.63, 3.8) is 0 Å². The summed E-state index contributed by atoms with van der Waals surface area (Å²) in [5, 5.41) is 32.8. The van der Waals surface area contributed by atoms with Gasteiger partial charge < -0.3 is 24.7 Å². The van der Waals surface area contributed by atoms with Crippen LogP contribution in [-0.4, -0.2) is 86.8 Å². The van der Waals surface area contributed by atoms with E-state index in [2.05, 4.69) is 12.6 Å². The molecule has 0 spiro atoms. The maximum absolute atomic E-state index is 11.2. The summed E-state index contributed by atoms with van der Waals surface area (Å²) in [7, 11) is 8.01. The van der Waals surface area contributed by atoms with Gasteiger partial charge in [0, 0.05) is 16.6 Å². The van der Waals surface area contributed by atoms with Gasteiger partial charge in [-0.2, -0.15) is 13.5 Å². The molecule has 0 aliphatic carbocycles. The molecule has 0 unspecified atom stereocenters. The SMILES string of the molecule is COc1ccc(Cl)c([N+](=O)[O-])c1.COc1ccc(S)c(N)c1.COc1ccc(SSc2ccc(OC)cc2[N+](=O)[O-])c([N+](=O)[O-])c1.S.[Na][Na].